The smallest absolute Gasteiger partial charge is 0.309 e. The molecule has 8 heteroatoms. The summed E-state index contributed by atoms with van der Waals surface area (Å²) in [5.41, 5.74) is 1.81. The largest absolute Gasteiger partial charge is 0.488 e. The summed E-state index contributed by atoms with van der Waals surface area (Å²) in [4.78, 5) is 16.3. The predicted octanol–water partition coefficient (Wildman–Crippen LogP) is 1.34. The van der Waals surface area contributed by atoms with Crippen LogP contribution in [0.15, 0.2) is 18.3 Å². The third-order valence-electron chi connectivity index (χ3n) is 5.36. The van der Waals surface area contributed by atoms with Gasteiger partial charge in [0.2, 0.25) is 0 Å². The first kappa shape index (κ1) is 17.0. The summed E-state index contributed by atoms with van der Waals surface area (Å²) in [6, 6.07) is 3.65. The van der Waals surface area contributed by atoms with E-state index in [0.717, 1.165) is 12.8 Å². The first-order chi connectivity index (χ1) is 12.6. The van der Waals surface area contributed by atoms with E-state index in [-0.39, 0.29) is 30.5 Å². The zero-order chi connectivity index (χ0) is 18.3. The van der Waals surface area contributed by atoms with Crippen LogP contribution >= 0.6 is 0 Å². The van der Waals surface area contributed by atoms with Crippen LogP contribution in [0.3, 0.4) is 0 Å². The molecule has 4 rings (SSSR count). The molecule has 8 nitrogen and oxygen atoms in total. The molecular weight excluding hydrogens is 336 g/mol. The number of aromatic nitrogens is 4. The van der Waals surface area contributed by atoms with E-state index in [1.807, 2.05) is 13.0 Å². The van der Waals surface area contributed by atoms with Gasteiger partial charge in [0.15, 0.2) is 0 Å². The SMILES string of the molecule is CCOC(=O)C1[C@H]2[C@H](Oc3ccc(-c4nnn(C)c4CO)nc3)CC[C@@H]12. The van der Waals surface area contributed by atoms with Crippen molar-refractivity contribution in [2.45, 2.75) is 32.5 Å². The molecule has 0 aliphatic heterocycles. The Morgan fingerprint density at radius 3 is 2.92 bits per heavy atom. The summed E-state index contributed by atoms with van der Waals surface area (Å²) in [7, 11) is 1.73. The maximum absolute atomic E-state index is 12.0. The van der Waals surface area contributed by atoms with E-state index < -0.39 is 0 Å². The molecule has 2 aromatic rings. The second-order valence-electron chi connectivity index (χ2n) is 6.80. The number of nitrogens with zero attached hydrogens (tertiary/aromatic N) is 4. The molecule has 0 spiro atoms. The van der Waals surface area contributed by atoms with Crippen LogP contribution < -0.4 is 4.74 Å². The van der Waals surface area contributed by atoms with E-state index in [2.05, 4.69) is 15.3 Å². The number of ether oxygens (including phenoxy) is 2. The molecule has 138 valence electrons. The molecule has 1 unspecified atom stereocenters. The fourth-order valence-corrected chi connectivity index (χ4v) is 4.05. The summed E-state index contributed by atoms with van der Waals surface area (Å²) in [6.07, 6.45) is 3.64. The van der Waals surface area contributed by atoms with E-state index in [9.17, 15) is 9.90 Å². The standard InChI is InChI=1S/C18H22N4O4/c1-3-25-18(24)16-11-5-7-14(15(11)16)26-10-4-6-12(19-8-10)17-13(9-23)22(2)21-20-17/h4,6,8,11,14-16,23H,3,5,7,9H2,1-2H3/t11-,14-,15-,16?/m1/s1. The normalized spacial score (nSPS) is 26.4. The highest BCUT2D eigenvalue weighted by molar-refractivity contribution is 5.77. The molecule has 0 bridgehead atoms. The molecule has 2 aliphatic rings. The second kappa shape index (κ2) is 6.68. The molecule has 0 radical (unpaired) electrons. The number of fused-ring (bicyclic) bond motifs is 1. The third-order valence-corrected chi connectivity index (χ3v) is 5.36. The van der Waals surface area contributed by atoms with Crippen molar-refractivity contribution in [1.29, 1.82) is 0 Å². The minimum Gasteiger partial charge on any atom is -0.488 e. The highest BCUT2D eigenvalue weighted by Crippen LogP contribution is 2.58. The van der Waals surface area contributed by atoms with Crippen molar-refractivity contribution in [1.82, 2.24) is 20.0 Å². The molecule has 2 heterocycles. The lowest BCUT2D eigenvalue weighted by atomic mass is 10.1. The second-order valence-corrected chi connectivity index (χ2v) is 6.80. The van der Waals surface area contributed by atoms with Crippen LogP contribution in [0.4, 0.5) is 0 Å². The van der Waals surface area contributed by atoms with Crippen LogP contribution in [0.2, 0.25) is 0 Å². The van der Waals surface area contributed by atoms with Crippen LogP contribution in [0.5, 0.6) is 5.75 Å². The van der Waals surface area contributed by atoms with Gasteiger partial charge in [0, 0.05) is 13.0 Å². The van der Waals surface area contributed by atoms with Crippen molar-refractivity contribution < 1.29 is 19.4 Å². The molecule has 2 aliphatic carbocycles. The number of carbonyl (C=O) groups is 1. The van der Waals surface area contributed by atoms with Crippen molar-refractivity contribution in [2.24, 2.45) is 24.8 Å². The highest BCUT2D eigenvalue weighted by atomic mass is 16.5. The average molecular weight is 358 g/mol. The van der Waals surface area contributed by atoms with Gasteiger partial charge in [-0.15, -0.1) is 5.10 Å². The summed E-state index contributed by atoms with van der Waals surface area (Å²) in [5, 5.41) is 17.4. The number of aliphatic hydroxyl groups is 1. The summed E-state index contributed by atoms with van der Waals surface area (Å²) < 4.78 is 12.8. The van der Waals surface area contributed by atoms with Crippen LogP contribution in [0.1, 0.15) is 25.5 Å². The lowest BCUT2D eigenvalue weighted by Crippen LogP contribution is -2.21. The van der Waals surface area contributed by atoms with E-state index >= 15 is 0 Å². The molecule has 26 heavy (non-hydrogen) atoms. The predicted molar refractivity (Wildman–Crippen MR) is 90.9 cm³/mol. The molecule has 4 atom stereocenters. The Labute approximate surface area is 151 Å². The Hall–Kier alpha value is -2.48. The van der Waals surface area contributed by atoms with Gasteiger partial charge < -0.3 is 14.6 Å². The van der Waals surface area contributed by atoms with Crippen LogP contribution in [-0.2, 0) is 23.2 Å². The number of aliphatic hydroxyl groups excluding tert-OH is 1. The first-order valence-electron chi connectivity index (χ1n) is 8.93. The zero-order valence-electron chi connectivity index (χ0n) is 14.8. The fourth-order valence-electron chi connectivity index (χ4n) is 4.05. The van der Waals surface area contributed by atoms with E-state index in [0.29, 0.717) is 35.4 Å². The Bertz CT molecular complexity index is 804. The molecule has 0 amide bonds. The number of pyridine rings is 1. The quantitative estimate of drug-likeness (QED) is 0.778. The topological polar surface area (TPSA) is 99.4 Å². The number of rotatable bonds is 6. The lowest BCUT2D eigenvalue weighted by Gasteiger charge is -2.16. The van der Waals surface area contributed by atoms with Gasteiger partial charge in [-0.25, -0.2) is 4.68 Å². The fraction of sp³-hybridized carbons (Fsp3) is 0.556. The van der Waals surface area contributed by atoms with Gasteiger partial charge in [0.05, 0.1) is 36.7 Å². The van der Waals surface area contributed by atoms with Gasteiger partial charge in [0.25, 0.3) is 0 Å². The Kier molecular flexibility index (Phi) is 4.36. The van der Waals surface area contributed by atoms with Crippen molar-refractivity contribution in [3.05, 3.63) is 24.0 Å². The number of hydrogen-bond donors (Lipinski definition) is 1. The highest BCUT2D eigenvalue weighted by Gasteiger charge is 2.63. The summed E-state index contributed by atoms with van der Waals surface area (Å²) >= 11 is 0. The number of hydrogen-bond acceptors (Lipinski definition) is 7. The van der Waals surface area contributed by atoms with Crippen molar-refractivity contribution in [3.63, 3.8) is 0 Å². The molecule has 0 saturated heterocycles. The number of aryl methyl sites for hydroxylation is 1. The van der Waals surface area contributed by atoms with Gasteiger partial charge >= 0.3 is 5.97 Å². The zero-order valence-corrected chi connectivity index (χ0v) is 14.8. The number of esters is 1. The molecule has 2 saturated carbocycles. The van der Waals surface area contributed by atoms with Crippen molar-refractivity contribution >= 4 is 5.97 Å². The molecule has 2 fully saturated rings. The minimum absolute atomic E-state index is 0.00682. The maximum atomic E-state index is 12.0. The Morgan fingerprint density at radius 1 is 1.38 bits per heavy atom. The van der Waals surface area contributed by atoms with Gasteiger partial charge in [-0.1, -0.05) is 5.21 Å². The third kappa shape index (κ3) is 2.84. The summed E-state index contributed by atoms with van der Waals surface area (Å²) in [5.74, 6) is 1.23. The average Bonchev–Trinajstić information content (AvgIpc) is 3.04. The van der Waals surface area contributed by atoms with E-state index in [1.54, 1.807) is 19.3 Å². The molecule has 0 aromatic carbocycles. The van der Waals surface area contributed by atoms with Gasteiger partial charge in [-0.3, -0.25) is 9.78 Å². The van der Waals surface area contributed by atoms with E-state index in [4.69, 9.17) is 9.47 Å². The van der Waals surface area contributed by atoms with Crippen molar-refractivity contribution in [3.8, 4) is 17.1 Å². The maximum Gasteiger partial charge on any atom is 0.309 e. The molecular formula is C18H22N4O4. The van der Waals surface area contributed by atoms with Gasteiger partial charge in [0.1, 0.15) is 17.5 Å². The molecule has 1 N–H and O–H groups in total. The molecule has 2 aromatic heterocycles. The van der Waals surface area contributed by atoms with Gasteiger partial charge in [-0.05, 0) is 37.8 Å². The van der Waals surface area contributed by atoms with Crippen molar-refractivity contribution in [2.75, 3.05) is 6.61 Å². The summed E-state index contributed by atoms with van der Waals surface area (Å²) in [6.45, 7) is 2.10. The van der Waals surface area contributed by atoms with Gasteiger partial charge in [-0.2, -0.15) is 0 Å². The lowest BCUT2D eigenvalue weighted by molar-refractivity contribution is -0.146. The van der Waals surface area contributed by atoms with E-state index in [1.165, 1.54) is 4.68 Å². The van der Waals surface area contributed by atoms with Crippen LogP contribution in [0, 0.1) is 17.8 Å². The van der Waals surface area contributed by atoms with Crippen LogP contribution in [0.25, 0.3) is 11.4 Å². The number of carbonyl (C=O) groups excluding carboxylic acids is 1. The monoisotopic (exact) mass is 358 g/mol. The van der Waals surface area contributed by atoms with Crippen LogP contribution in [-0.4, -0.2) is 43.8 Å². The Balaban J connectivity index is 1.43. The minimum atomic E-state index is -0.154. The first-order valence-corrected chi connectivity index (χ1v) is 8.93. The Morgan fingerprint density at radius 2 is 2.23 bits per heavy atom.